The number of anilines is 2. The van der Waals surface area contributed by atoms with Gasteiger partial charge in [-0.05, 0) is 18.2 Å². The molecule has 8 heteroatoms. The van der Waals surface area contributed by atoms with Gasteiger partial charge in [0.2, 0.25) is 0 Å². The van der Waals surface area contributed by atoms with Crippen molar-refractivity contribution in [1.82, 2.24) is 9.78 Å². The topological polar surface area (TPSA) is 85.2 Å². The molecule has 0 aliphatic rings. The average Bonchev–Trinajstić information content (AvgIpc) is 2.78. The zero-order valence-corrected chi connectivity index (χ0v) is 12.1. The first kappa shape index (κ1) is 14.9. The Labute approximate surface area is 125 Å². The SMILES string of the molecule is COC(=O)c1c(NC(=O)Nc2cccc(Cl)c2)cnn1C. The van der Waals surface area contributed by atoms with Crippen molar-refractivity contribution in [3.63, 3.8) is 0 Å². The van der Waals surface area contributed by atoms with Crippen LogP contribution in [0.4, 0.5) is 16.2 Å². The zero-order chi connectivity index (χ0) is 15.4. The van der Waals surface area contributed by atoms with Gasteiger partial charge in [-0.3, -0.25) is 4.68 Å². The minimum Gasteiger partial charge on any atom is -0.464 e. The van der Waals surface area contributed by atoms with E-state index in [9.17, 15) is 9.59 Å². The minimum absolute atomic E-state index is 0.152. The highest BCUT2D eigenvalue weighted by molar-refractivity contribution is 6.30. The number of halogens is 1. The molecule has 1 aromatic heterocycles. The Balaban J connectivity index is 2.12. The van der Waals surface area contributed by atoms with Crippen LogP contribution in [0.2, 0.25) is 5.02 Å². The second-order valence-electron chi connectivity index (χ2n) is 4.11. The number of aryl methyl sites for hydroxylation is 1. The van der Waals surface area contributed by atoms with E-state index in [4.69, 9.17) is 11.6 Å². The lowest BCUT2D eigenvalue weighted by atomic mass is 10.3. The molecule has 2 aromatic rings. The van der Waals surface area contributed by atoms with Crippen LogP contribution in [0.5, 0.6) is 0 Å². The van der Waals surface area contributed by atoms with Gasteiger partial charge in [0.05, 0.1) is 19.0 Å². The number of carbonyl (C=O) groups is 2. The third kappa shape index (κ3) is 3.51. The second-order valence-corrected chi connectivity index (χ2v) is 4.55. The molecule has 0 atom stereocenters. The molecule has 2 rings (SSSR count). The Kier molecular flexibility index (Phi) is 4.44. The monoisotopic (exact) mass is 308 g/mol. The lowest BCUT2D eigenvalue weighted by molar-refractivity contribution is 0.0589. The number of ether oxygens (including phenoxy) is 1. The highest BCUT2D eigenvalue weighted by atomic mass is 35.5. The minimum atomic E-state index is -0.590. The maximum Gasteiger partial charge on any atom is 0.358 e. The van der Waals surface area contributed by atoms with Crippen molar-refractivity contribution in [2.75, 3.05) is 17.7 Å². The molecular weight excluding hydrogens is 296 g/mol. The lowest BCUT2D eigenvalue weighted by Gasteiger charge is -2.08. The van der Waals surface area contributed by atoms with Gasteiger partial charge in [-0.15, -0.1) is 0 Å². The third-order valence-corrected chi connectivity index (χ3v) is 2.88. The number of hydrogen-bond donors (Lipinski definition) is 2. The molecule has 1 aromatic carbocycles. The maximum atomic E-state index is 11.9. The molecule has 0 bridgehead atoms. The van der Waals surface area contributed by atoms with Crippen molar-refractivity contribution in [2.45, 2.75) is 0 Å². The molecule has 0 radical (unpaired) electrons. The smallest absolute Gasteiger partial charge is 0.358 e. The largest absolute Gasteiger partial charge is 0.464 e. The van der Waals surface area contributed by atoms with E-state index in [1.165, 1.54) is 18.0 Å². The van der Waals surface area contributed by atoms with Crippen molar-refractivity contribution in [2.24, 2.45) is 7.05 Å². The highest BCUT2D eigenvalue weighted by Gasteiger charge is 2.19. The van der Waals surface area contributed by atoms with Gasteiger partial charge in [0.25, 0.3) is 0 Å². The molecule has 21 heavy (non-hydrogen) atoms. The van der Waals surface area contributed by atoms with E-state index in [0.29, 0.717) is 10.7 Å². The maximum absolute atomic E-state index is 11.9. The summed E-state index contributed by atoms with van der Waals surface area (Å²) in [5.41, 5.74) is 0.936. The highest BCUT2D eigenvalue weighted by Crippen LogP contribution is 2.17. The number of nitrogens with one attached hydrogen (secondary N) is 2. The number of esters is 1. The van der Waals surface area contributed by atoms with Gasteiger partial charge in [0.1, 0.15) is 0 Å². The summed E-state index contributed by atoms with van der Waals surface area (Å²) in [6.45, 7) is 0. The van der Waals surface area contributed by atoms with Crippen molar-refractivity contribution in [3.8, 4) is 0 Å². The fraction of sp³-hybridized carbons (Fsp3) is 0.154. The molecule has 2 N–H and O–H groups in total. The van der Waals surface area contributed by atoms with Crippen LogP contribution in [0, 0.1) is 0 Å². The van der Waals surface area contributed by atoms with Crippen LogP contribution in [0.25, 0.3) is 0 Å². The number of carbonyl (C=O) groups excluding carboxylic acids is 2. The summed E-state index contributed by atoms with van der Waals surface area (Å²) in [5.74, 6) is -0.590. The van der Waals surface area contributed by atoms with E-state index >= 15 is 0 Å². The number of amides is 2. The molecule has 1 heterocycles. The van der Waals surface area contributed by atoms with Crippen LogP contribution in [0.1, 0.15) is 10.5 Å². The van der Waals surface area contributed by atoms with Crippen LogP contribution in [0.3, 0.4) is 0 Å². The summed E-state index contributed by atoms with van der Waals surface area (Å²) in [4.78, 5) is 23.5. The molecule has 0 aliphatic carbocycles. The first-order valence-electron chi connectivity index (χ1n) is 5.95. The Morgan fingerprint density at radius 1 is 1.33 bits per heavy atom. The summed E-state index contributed by atoms with van der Waals surface area (Å²) in [7, 11) is 2.83. The van der Waals surface area contributed by atoms with Gasteiger partial charge >= 0.3 is 12.0 Å². The predicted octanol–water partition coefficient (Wildman–Crippen LogP) is 2.50. The van der Waals surface area contributed by atoms with Gasteiger partial charge in [0, 0.05) is 17.8 Å². The van der Waals surface area contributed by atoms with Gasteiger partial charge in [-0.25, -0.2) is 9.59 Å². The van der Waals surface area contributed by atoms with Crippen LogP contribution in [0.15, 0.2) is 30.5 Å². The number of hydrogen-bond acceptors (Lipinski definition) is 4. The fourth-order valence-electron chi connectivity index (χ4n) is 1.72. The molecule has 2 amide bonds. The molecule has 0 saturated heterocycles. The fourth-order valence-corrected chi connectivity index (χ4v) is 1.91. The van der Waals surface area contributed by atoms with Crippen LogP contribution in [-0.4, -0.2) is 28.9 Å². The first-order chi connectivity index (χ1) is 10.0. The predicted molar refractivity (Wildman–Crippen MR) is 78.6 cm³/mol. The van der Waals surface area contributed by atoms with E-state index in [1.807, 2.05) is 0 Å². The normalized spacial score (nSPS) is 10.0. The molecule has 0 aliphatic heterocycles. The Bertz CT molecular complexity index is 684. The molecule has 110 valence electrons. The first-order valence-corrected chi connectivity index (χ1v) is 6.33. The van der Waals surface area contributed by atoms with E-state index in [0.717, 1.165) is 0 Å². The quantitative estimate of drug-likeness (QED) is 0.853. The van der Waals surface area contributed by atoms with Crippen molar-refractivity contribution >= 4 is 35.0 Å². The number of benzene rings is 1. The number of nitrogens with zero attached hydrogens (tertiary/aromatic N) is 2. The lowest BCUT2D eigenvalue weighted by Crippen LogP contribution is -2.21. The van der Waals surface area contributed by atoms with Crippen LogP contribution < -0.4 is 10.6 Å². The van der Waals surface area contributed by atoms with E-state index < -0.39 is 12.0 Å². The summed E-state index contributed by atoms with van der Waals surface area (Å²) < 4.78 is 5.96. The van der Waals surface area contributed by atoms with Crippen molar-refractivity contribution < 1.29 is 14.3 Å². The molecule has 7 nitrogen and oxygen atoms in total. The average molecular weight is 309 g/mol. The molecule has 0 spiro atoms. The molecule has 0 saturated carbocycles. The van der Waals surface area contributed by atoms with Crippen molar-refractivity contribution in [1.29, 1.82) is 0 Å². The summed E-state index contributed by atoms with van der Waals surface area (Å²) in [6, 6.07) is 6.18. The third-order valence-electron chi connectivity index (χ3n) is 2.65. The second kappa shape index (κ2) is 6.27. The molecule has 0 fully saturated rings. The number of rotatable bonds is 3. The Hall–Kier alpha value is -2.54. The summed E-state index contributed by atoms with van der Waals surface area (Å²) in [5, 5.41) is 9.55. The standard InChI is InChI=1S/C13H13ClN4O3/c1-18-11(12(19)21-2)10(7-15-18)17-13(20)16-9-5-3-4-8(14)6-9/h3-7H,1-2H3,(H2,16,17,20). The Morgan fingerprint density at radius 2 is 2.10 bits per heavy atom. The van der Waals surface area contributed by atoms with E-state index in [2.05, 4.69) is 20.5 Å². The Morgan fingerprint density at radius 3 is 2.76 bits per heavy atom. The zero-order valence-electron chi connectivity index (χ0n) is 11.4. The number of methoxy groups -OCH3 is 1. The van der Waals surface area contributed by atoms with Crippen LogP contribution >= 0.6 is 11.6 Å². The molecular formula is C13H13ClN4O3. The number of urea groups is 1. The van der Waals surface area contributed by atoms with Crippen LogP contribution in [-0.2, 0) is 11.8 Å². The van der Waals surface area contributed by atoms with Gasteiger partial charge in [-0.1, -0.05) is 17.7 Å². The summed E-state index contributed by atoms with van der Waals surface area (Å²) >= 11 is 5.83. The summed E-state index contributed by atoms with van der Waals surface area (Å²) in [6.07, 6.45) is 1.36. The van der Waals surface area contributed by atoms with Gasteiger partial charge in [-0.2, -0.15) is 5.10 Å². The van der Waals surface area contributed by atoms with Crippen molar-refractivity contribution in [3.05, 3.63) is 41.2 Å². The van der Waals surface area contributed by atoms with E-state index in [-0.39, 0.29) is 11.4 Å². The number of aromatic nitrogens is 2. The molecule has 0 unspecified atom stereocenters. The van der Waals surface area contributed by atoms with Gasteiger partial charge in [0.15, 0.2) is 5.69 Å². The van der Waals surface area contributed by atoms with E-state index in [1.54, 1.807) is 31.3 Å². The van der Waals surface area contributed by atoms with Gasteiger partial charge < -0.3 is 15.4 Å².